The van der Waals surface area contributed by atoms with Gasteiger partial charge in [-0.05, 0) is 48.0 Å². The predicted molar refractivity (Wildman–Crippen MR) is 139 cm³/mol. The normalized spacial score (nSPS) is 14.4. The minimum Gasteiger partial charge on any atom is -0.497 e. The molecule has 1 aliphatic rings. The summed E-state index contributed by atoms with van der Waals surface area (Å²) in [4.78, 5) is 23.9. The molecular formula is C25H26N4O3S2. The SMILES string of the molecule is COc1ccc(CN2CCN(c3nc4sc(C(=O)Nc5ccc(OC)cc5)cc4s3)CC2)cc1. The maximum absolute atomic E-state index is 12.7. The molecule has 7 nitrogen and oxygen atoms in total. The van der Waals surface area contributed by atoms with E-state index in [0.717, 1.165) is 64.6 Å². The lowest BCUT2D eigenvalue weighted by atomic mass is 10.2. The number of methoxy groups -OCH3 is 2. The molecule has 0 saturated carbocycles. The first-order chi connectivity index (χ1) is 16.6. The Kier molecular flexibility index (Phi) is 6.66. The highest BCUT2D eigenvalue weighted by Gasteiger charge is 2.21. The van der Waals surface area contributed by atoms with E-state index in [1.807, 2.05) is 42.5 Å². The van der Waals surface area contributed by atoms with Crippen molar-refractivity contribution in [1.82, 2.24) is 9.88 Å². The second kappa shape index (κ2) is 10.0. The molecule has 0 aliphatic carbocycles. The fourth-order valence-electron chi connectivity index (χ4n) is 3.92. The van der Waals surface area contributed by atoms with Gasteiger partial charge in [0, 0.05) is 38.4 Å². The number of hydrogen-bond donors (Lipinski definition) is 1. The summed E-state index contributed by atoms with van der Waals surface area (Å²) in [6.45, 7) is 4.82. The van der Waals surface area contributed by atoms with Crippen molar-refractivity contribution >= 4 is 48.9 Å². The summed E-state index contributed by atoms with van der Waals surface area (Å²) in [5, 5.41) is 3.97. The zero-order valence-corrected chi connectivity index (χ0v) is 20.7. The van der Waals surface area contributed by atoms with E-state index in [1.54, 1.807) is 25.6 Å². The van der Waals surface area contributed by atoms with Crippen LogP contribution >= 0.6 is 22.7 Å². The molecular weight excluding hydrogens is 468 g/mol. The van der Waals surface area contributed by atoms with Crippen molar-refractivity contribution in [1.29, 1.82) is 0 Å². The lowest BCUT2D eigenvalue weighted by Crippen LogP contribution is -2.45. The van der Waals surface area contributed by atoms with Crippen molar-refractivity contribution < 1.29 is 14.3 Å². The highest BCUT2D eigenvalue weighted by atomic mass is 32.1. The Morgan fingerprint density at radius 2 is 1.59 bits per heavy atom. The van der Waals surface area contributed by atoms with Crippen LogP contribution in [0.3, 0.4) is 0 Å². The molecule has 3 heterocycles. The number of aromatic nitrogens is 1. The van der Waals surface area contributed by atoms with Crippen LogP contribution in [0.1, 0.15) is 15.2 Å². The number of fused-ring (bicyclic) bond motifs is 1. The molecule has 1 saturated heterocycles. The van der Waals surface area contributed by atoms with Crippen LogP contribution in [0.5, 0.6) is 11.5 Å². The van der Waals surface area contributed by atoms with E-state index < -0.39 is 0 Å². The molecule has 5 rings (SSSR count). The van der Waals surface area contributed by atoms with Gasteiger partial charge in [-0.25, -0.2) is 4.98 Å². The van der Waals surface area contributed by atoms with Crippen molar-refractivity contribution in [3.63, 3.8) is 0 Å². The average molecular weight is 495 g/mol. The van der Waals surface area contributed by atoms with Crippen molar-refractivity contribution in [2.45, 2.75) is 6.54 Å². The summed E-state index contributed by atoms with van der Waals surface area (Å²) in [7, 11) is 3.31. The number of nitrogens with one attached hydrogen (secondary N) is 1. The Morgan fingerprint density at radius 1 is 0.941 bits per heavy atom. The van der Waals surface area contributed by atoms with E-state index >= 15 is 0 Å². The van der Waals surface area contributed by atoms with Crippen LogP contribution in [0.4, 0.5) is 10.8 Å². The van der Waals surface area contributed by atoms with E-state index in [-0.39, 0.29) is 5.91 Å². The Balaban J connectivity index is 1.17. The summed E-state index contributed by atoms with van der Waals surface area (Å²) in [6, 6.07) is 17.5. The van der Waals surface area contributed by atoms with E-state index in [1.165, 1.54) is 16.9 Å². The topological polar surface area (TPSA) is 66.9 Å². The van der Waals surface area contributed by atoms with Gasteiger partial charge in [-0.2, -0.15) is 0 Å². The number of carbonyl (C=O) groups is 1. The third-order valence-corrected chi connectivity index (χ3v) is 8.08. The fourth-order valence-corrected chi connectivity index (χ4v) is 6.08. The second-order valence-electron chi connectivity index (χ2n) is 8.07. The van der Waals surface area contributed by atoms with E-state index in [4.69, 9.17) is 14.5 Å². The first-order valence-corrected chi connectivity index (χ1v) is 12.7. The number of hydrogen-bond acceptors (Lipinski definition) is 8. The van der Waals surface area contributed by atoms with E-state index in [2.05, 4.69) is 27.2 Å². The molecule has 34 heavy (non-hydrogen) atoms. The van der Waals surface area contributed by atoms with Gasteiger partial charge >= 0.3 is 0 Å². The Bertz CT molecular complexity index is 1230. The van der Waals surface area contributed by atoms with Gasteiger partial charge in [0.15, 0.2) is 5.13 Å². The number of piperazine rings is 1. The average Bonchev–Trinajstić information content (AvgIpc) is 3.45. The minimum absolute atomic E-state index is 0.117. The van der Waals surface area contributed by atoms with Crippen LogP contribution in [0, 0.1) is 0 Å². The van der Waals surface area contributed by atoms with Crippen molar-refractivity contribution in [3.8, 4) is 11.5 Å². The van der Waals surface area contributed by atoms with Gasteiger partial charge in [-0.3, -0.25) is 9.69 Å². The fraction of sp³-hybridized carbons (Fsp3) is 0.280. The third kappa shape index (κ3) is 5.01. The molecule has 176 valence electrons. The molecule has 2 aromatic carbocycles. The highest BCUT2D eigenvalue weighted by molar-refractivity contribution is 7.29. The minimum atomic E-state index is -0.117. The molecule has 0 radical (unpaired) electrons. The number of carbonyl (C=O) groups excluding carboxylic acids is 1. The number of benzene rings is 2. The van der Waals surface area contributed by atoms with Gasteiger partial charge in [-0.15, -0.1) is 11.3 Å². The highest BCUT2D eigenvalue weighted by Crippen LogP contribution is 2.35. The van der Waals surface area contributed by atoms with Crippen LogP contribution < -0.4 is 19.7 Å². The molecule has 0 unspecified atom stereocenters. The third-order valence-electron chi connectivity index (χ3n) is 5.86. The largest absolute Gasteiger partial charge is 0.497 e. The molecule has 4 aromatic rings. The van der Waals surface area contributed by atoms with Crippen molar-refractivity contribution in [3.05, 3.63) is 65.0 Å². The Hall–Kier alpha value is -3.14. The van der Waals surface area contributed by atoms with E-state index in [0.29, 0.717) is 4.88 Å². The number of anilines is 2. The van der Waals surface area contributed by atoms with Crippen LogP contribution in [0.15, 0.2) is 54.6 Å². The van der Waals surface area contributed by atoms with Crippen LogP contribution in [-0.4, -0.2) is 56.2 Å². The lowest BCUT2D eigenvalue weighted by Gasteiger charge is -2.34. The predicted octanol–water partition coefficient (Wildman–Crippen LogP) is 4.95. The molecule has 0 spiro atoms. The standard InChI is InChI=1S/C25H26N4O3S2/c1-31-19-7-3-17(4-8-19)16-28-11-13-29(14-12-28)25-27-24-22(34-25)15-21(33-24)23(30)26-18-5-9-20(32-2)10-6-18/h3-10,15H,11-14,16H2,1-2H3,(H,26,30). The quantitative estimate of drug-likeness (QED) is 0.392. The maximum atomic E-state index is 12.7. The summed E-state index contributed by atoms with van der Waals surface area (Å²) in [6.07, 6.45) is 0. The van der Waals surface area contributed by atoms with Gasteiger partial charge in [-0.1, -0.05) is 23.5 Å². The maximum Gasteiger partial charge on any atom is 0.265 e. The number of nitrogens with zero attached hydrogens (tertiary/aromatic N) is 3. The summed E-state index contributed by atoms with van der Waals surface area (Å²) in [5.74, 6) is 1.53. The smallest absolute Gasteiger partial charge is 0.265 e. The van der Waals surface area contributed by atoms with Gasteiger partial charge in [0.05, 0.1) is 23.8 Å². The number of thiazole rings is 1. The lowest BCUT2D eigenvalue weighted by molar-refractivity contribution is 0.103. The first kappa shape index (κ1) is 22.6. The Morgan fingerprint density at radius 3 is 2.21 bits per heavy atom. The number of amides is 1. The van der Waals surface area contributed by atoms with Crippen molar-refractivity contribution in [2.24, 2.45) is 0 Å². The monoisotopic (exact) mass is 494 g/mol. The zero-order chi connectivity index (χ0) is 23.5. The molecule has 1 N–H and O–H groups in total. The molecule has 0 bridgehead atoms. The van der Waals surface area contributed by atoms with Crippen LogP contribution in [-0.2, 0) is 6.54 Å². The molecule has 9 heteroatoms. The van der Waals surface area contributed by atoms with Crippen LogP contribution in [0.25, 0.3) is 9.53 Å². The molecule has 0 atom stereocenters. The first-order valence-electron chi connectivity index (χ1n) is 11.1. The van der Waals surface area contributed by atoms with E-state index in [9.17, 15) is 4.79 Å². The number of rotatable bonds is 7. The molecule has 1 amide bonds. The summed E-state index contributed by atoms with van der Waals surface area (Å²) < 4.78 is 11.5. The Labute approximate surface area is 206 Å². The summed E-state index contributed by atoms with van der Waals surface area (Å²) >= 11 is 3.10. The van der Waals surface area contributed by atoms with Crippen LogP contribution in [0.2, 0.25) is 0 Å². The number of ether oxygens (including phenoxy) is 2. The molecule has 1 fully saturated rings. The number of thiophene rings is 1. The van der Waals surface area contributed by atoms with Gasteiger partial charge in [0.2, 0.25) is 0 Å². The zero-order valence-electron chi connectivity index (χ0n) is 19.1. The van der Waals surface area contributed by atoms with Crippen molar-refractivity contribution in [2.75, 3.05) is 50.6 Å². The second-order valence-corrected chi connectivity index (χ2v) is 10.1. The van der Waals surface area contributed by atoms with Gasteiger partial charge < -0.3 is 19.7 Å². The van der Waals surface area contributed by atoms with Gasteiger partial charge in [0.1, 0.15) is 16.3 Å². The molecule has 1 aliphatic heterocycles. The van der Waals surface area contributed by atoms with Gasteiger partial charge in [0.25, 0.3) is 5.91 Å². The summed E-state index contributed by atoms with van der Waals surface area (Å²) in [5.41, 5.74) is 2.04. The molecule has 2 aromatic heterocycles.